The quantitative estimate of drug-likeness (QED) is 0.317. The van der Waals surface area contributed by atoms with Crippen LogP contribution in [0, 0.1) is 0 Å². The number of nitrogens with zero attached hydrogens (tertiary/aromatic N) is 3. The van der Waals surface area contributed by atoms with Crippen molar-refractivity contribution in [3.05, 3.63) is 81.5 Å². The van der Waals surface area contributed by atoms with Gasteiger partial charge >= 0.3 is 5.97 Å². The molecule has 0 unspecified atom stereocenters. The number of fused-ring (bicyclic) bond motifs is 2. The lowest BCUT2D eigenvalue weighted by Gasteiger charge is -2.14. The van der Waals surface area contributed by atoms with Crippen molar-refractivity contribution in [3.63, 3.8) is 0 Å². The Labute approximate surface area is 174 Å². The summed E-state index contributed by atoms with van der Waals surface area (Å²) in [5, 5.41) is 8.85. The molecule has 0 radical (unpaired) electrons. The van der Waals surface area contributed by atoms with E-state index in [1.54, 1.807) is 16.7 Å². The van der Waals surface area contributed by atoms with E-state index in [1.807, 2.05) is 53.2 Å². The van der Waals surface area contributed by atoms with Gasteiger partial charge in [-0.15, -0.1) is 0 Å². The second-order valence-corrected chi connectivity index (χ2v) is 7.41. The summed E-state index contributed by atoms with van der Waals surface area (Å²) >= 11 is 1.53. The van der Waals surface area contributed by atoms with E-state index in [1.165, 1.54) is 11.3 Å². The molecular formula is C22H15N3O4S. The second-order valence-electron chi connectivity index (χ2n) is 6.63. The van der Waals surface area contributed by atoms with Crippen molar-refractivity contribution in [3.8, 4) is 11.4 Å². The van der Waals surface area contributed by atoms with Crippen molar-refractivity contribution in [2.75, 3.05) is 0 Å². The molecule has 2 aromatic carbocycles. The lowest BCUT2D eigenvalue weighted by Crippen LogP contribution is -2.18. The van der Waals surface area contributed by atoms with Crippen molar-refractivity contribution in [2.24, 2.45) is 0 Å². The molecule has 8 heteroatoms. The van der Waals surface area contributed by atoms with E-state index in [4.69, 9.17) is 9.26 Å². The number of hydrogen-bond acceptors (Lipinski definition) is 7. The summed E-state index contributed by atoms with van der Waals surface area (Å²) < 4.78 is 12.3. The zero-order valence-corrected chi connectivity index (χ0v) is 16.5. The van der Waals surface area contributed by atoms with Gasteiger partial charge in [-0.2, -0.15) is 16.3 Å². The molecule has 3 aromatic heterocycles. The van der Waals surface area contributed by atoms with E-state index in [0.29, 0.717) is 27.6 Å². The smallest absolute Gasteiger partial charge is 0.326 e. The Morgan fingerprint density at radius 1 is 1.03 bits per heavy atom. The highest BCUT2D eigenvalue weighted by atomic mass is 32.1. The minimum Gasteiger partial charge on any atom is -0.454 e. The number of hydrogen-bond donors (Lipinski definition) is 0. The van der Waals surface area contributed by atoms with E-state index in [9.17, 15) is 9.59 Å². The molecule has 0 spiro atoms. The number of carbonyl (C=O) groups is 1. The van der Waals surface area contributed by atoms with Gasteiger partial charge in [0.05, 0.1) is 11.0 Å². The summed E-state index contributed by atoms with van der Waals surface area (Å²) in [6.07, 6.45) is 0. The Morgan fingerprint density at radius 2 is 1.73 bits per heavy atom. The predicted molar refractivity (Wildman–Crippen MR) is 113 cm³/mol. The van der Waals surface area contributed by atoms with Crippen LogP contribution >= 0.6 is 11.3 Å². The van der Waals surface area contributed by atoms with Crippen molar-refractivity contribution >= 4 is 39.1 Å². The number of esters is 1. The zero-order valence-electron chi connectivity index (χ0n) is 15.6. The SMILES string of the molecule is O=C(Cn1c2ccccc2c(=O)c2ccccc21)OCc1nc(-c2ccsc2)no1. The average molecular weight is 417 g/mol. The molecule has 3 heterocycles. The van der Waals surface area contributed by atoms with Crippen LogP contribution in [0.5, 0.6) is 0 Å². The van der Waals surface area contributed by atoms with Crippen molar-refractivity contribution in [2.45, 2.75) is 13.2 Å². The Kier molecular flexibility index (Phi) is 4.61. The van der Waals surface area contributed by atoms with Gasteiger partial charge in [0.15, 0.2) is 12.0 Å². The number of pyridine rings is 1. The van der Waals surface area contributed by atoms with Crippen LogP contribution in [0.3, 0.4) is 0 Å². The maximum absolute atomic E-state index is 12.8. The number of carbonyl (C=O) groups excluding carboxylic acids is 1. The van der Waals surface area contributed by atoms with Crippen LogP contribution in [-0.2, 0) is 22.7 Å². The van der Waals surface area contributed by atoms with Gasteiger partial charge in [-0.1, -0.05) is 29.4 Å². The standard InChI is InChI=1S/C22H15N3O4S/c26-20(28-12-19-23-22(24-29-19)14-9-10-30-13-14)11-25-17-7-3-1-5-15(17)21(27)16-6-2-4-8-18(16)25/h1-10,13H,11-12H2. The van der Waals surface area contributed by atoms with Crippen LogP contribution in [0.1, 0.15) is 5.89 Å². The zero-order chi connectivity index (χ0) is 20.5. The molecule has 0 amide bonds. The first-order chi connectivity index (χ1) is 14.7. The molecule has 0 aliphatic heterocycles. The highest BCUT2D eigenvalue weighted by molar-refractivity contribution is 7.08. The second kappa shape index (κ2) is 7.57. The largest absolute Gasteiger partial charge is 0.454 e. The third-order valence-corrected chi connectivity index (χ3v) is 5.45. The third kappa shape index (κ3) is 3.27. The average Bonchev–Trinajstić information content (AvgIpc) is 3.47. The third-order valence-electron chi connectivity index (χ3n) is 4.77. The van der Waals surface area contributed by atoms with Crippen molar-refractivity contribution in [1.82, 2.24) is 14.7 Å². The van der Waals surface area contributed by atoms with Crippen LogP contribution in [0.4, 0.5) is 0 Å². The van der Waals surface area contributed by atoms with E-state index in [2.05, 4.69) is 10.1 Å². The van der Waals surface area contributed by atoms with Crippen LogP contribution < -0.4 is 5.43 Å². The molecule has 0 bridgehead atoms. The minimum atomic E-state index is -0.468. The molecule has 7 nitrogen and oxygen atoms in total. The molecule has 0 atom stereocenters. The van der Waals surface area contributed by atoms with Gasteiger partial charge in [-0.3, -0.25) is 9.59 Å². The summed E-state index contributed by atoms with van der Waals surface area (Å²) in [5.74, 6) is 0.211. The number of thiophene rings is 1. The van der Waals surface area contributed by atoms with Gasteiger partial charge in [-0.05, 0) is 35.7 Å². The van der Waals surface area contributed by atoms with Gasteiger partial charge in [0.25, 0.3) is 5.89 Å². The molecule has 30 heavy (non-hydrogen) atoms. The molecular weight excluding hydrogens is 402 g/mol. The van der Waals surface area contributed by atoms with Crippen LogP contribution in [-0.4, -0.2) is 20.7 Å². The molecule has 5 aromatic rings. The highest BCUT2D eigenvalue weighted by Gasteiger charge is 2.15. The van der Waals surface area contributed by atoms with Gasteiger partial charge in [0.2, 0.25) is 5.82 Å². The molecule has 0 saturated heterocycles. The number of aromatic nitrogens is 3. The molecule has 148 valence electrons. The summed E-state index contributed by atoms with van der Waals surface area (Å²) in [6, 6.07) is 16.3. The number of rotatable bonds is 5. The number of benzene rings is 2. The molecule has 0 aliphatic rings. The summed E-state index contributed by atoms with van der Waals surface area (Å²) in [4.78, 5) is 29.6. The van der Waals surface area contributed by atoms with Crippen molar-refractivity contribution < 1.29 is 14.1 Å². The monoisotopic (exact) mass is 417 g/mol. The van der Waals surface area contributed by atoms with Crippen LogP contribution in [0.15, 0.2) is 74.7 Å². The molecule has 0 saturated carbocycles. The first kappa shape index (κ1) is 18.3. The lowest BCUT2D eigenvalue weighted by atomic mass is 10.1. The molecule has 0 aliphatic carbocycles. The Hall–Kier alpha value is -3.78. The number of para-hydroxylation sites is 2. The van der Waals surface area contributed by atoms with Crippen LogP contribution in [0.2, 0.25) is 0 Å². The molecule has 0 N–H and O–H groups in total. The Balaban J connectivity index is 1.41. The Morgan fingerprint density at radius 3 is 2.40 bits per heavy atom. The fourth-order valence-electron chi connectivity index (χ4n) is 3.39. The lowest BCUT2D eigenvalue weighted by molar-refractivity contribution is -0.146. The van der Waals surface area contributed by atoms with E-state index < -0.39 is 5.97 Å². The minimum absolute atomic E-state index is 0.0488. The van der Waals surface area contributed by atoms with E-state index >= 15 is 0 Å². The van der Waals surface area contributed by atoms with Gasteiger partial charge in [0.1, 0.15) is 6.54 Å². The fraction of sp³-hybridized carbons (Fsp3) is 0.0909. The summed E-state index contributed by atoms with van der Waals surface area (Å²) in [6.45, 7) is -0.168. The Bertz CT molecular complexity index is 1360. The van der Waals surface area contributed by atoms with Crippen molar-refractivity contribution in [1.29, 1.82) is 0 Å². The normalized spacial score (nSPS) is 11.2. The first-order valence-electron chi connectivity index (χ1n) is 9.22. The summed E-state index contributed by atoms with van der Waals surface area (Å²) in [5.41, 5.74) is 2.15. The molecule has 5 rings (SSSR count). The topological polar surface area (TPSA) is 87.2 Å². The molecule has 0 fully saturated rings. The first-order valence-corrected chi connectivity index (χ1v) is 10.2. The van der Waals surface area contributed by atoms with E-state index in [-0.39, 0.29) is 24.5 Å². The number of ether oxygens (including phenoxy) is 1. The summed E-state index contributed by atoms with van der Waals surface area (Å²) in [7, 11) is 0. The van der Waals surface area contributed by atoms with Crippen LogP contribution in [0.25, 0.3) is 33.2 Å². The fourth-order valence-corrected chi connectivity index (χ4v) is 4.02. The highest BCUT2D eigenvalue weighted by Crippen LogP contribution is 2.20. The van der Waals surface area contributed by atoms with Gasteiger partial charge < -0.3 is 13.8 Å². The maximum atomic E-state index is 12.8. The van der Waals surface area contributed by atoms with Gasteiger partial charge in [0, 0.05) is 21.7 Å². The maximum Gasteiger partial charge on any atom is 0.326 e. The van der Waals surface area contributed by atoms with Gasteiger partial charge in [-0.25, -0.2) is 0 Å². The van der Waals surface area contributed by atoms with E-state index in [0.717, 1.165) is 5.56 Å². The predicted octanol–water partition coefficient (Wildman–Crippen LogP) is 4.01.